The number of rotatable bonds is 4. The Morgan fingerprint density at radius 1 is 1.50 bits per heavy atom. The van der Waals surface area contributed by atoms with Crippen LogP contribution in [0.15, 0.2) is 18.2 Å². The van der Waals surface area contributed by atoms with Gasteiger partial charge < -0.3 is 4.74 Å². The Balaban J connectivity index is 3.00. The van der Waals surface area contributed by atoms with Crippen LogP contribution in [0.4, 0.5) is 3.89 Å². The maximum atomic E-state index is 12.6. The lowest BCUT2D eigenvalue weighted by molar-refractivity contribution is 0.391. The van der Waals surface area contributed by atoms with E-state index in [0.717, 1.165) is 7.05 Å². The molecule has 0 aliphatic rings. The minimum absolute atomic E-state index is 0.136. The van der Waals surface area contributed by atoms with E-state index in [9.17, 15) is 12.3 Å². The van der Waals surface area contributed by atoms with Crippen LogP contribution in [0.25, 0.3) is 0 Å². The molecule has 90 valence electrons. The molecule has 0 aliphatic heterocycles. The van der Waals surface area contributed by atoms with Crippen LogP contribution < -0.4 is 4.74 Å². The van der Waals surface area contributed by atoms with Crippen molar-refractivity contribution in [3.05, 3.63) is 28.8 Å². The maximum Gasteiger partial charge on any atom is 0.374 e. The summed E-state index contributed by atoms with van der Waals surface area (Å²) in [4.78, 5) is 0. The average molecular weight is 268 g/mol. The van der Waals surface area contributed by atoms with E-state index in [1.165, 1.54) is 13.2 Å². The van der Waals surface area contributed by atoms with E-state index in [-0.39, 0.29) is 6.54 Å². The van der Waals surface area contributed by atoms with Crippen molar-refractivity contribution >= 4 is 22.0 Å². The highest BCUT2D eigenvalue weighted by molar-refractivity contribution is 7.83. The molecule has 0 aliphatic carbocycles. The van der Waals surface area contributed by atoms with Crippen molar-refractivity contribution in [1.29, 1.82) is 0 Å². The van der Waals surface area contributed by atoms with Gasteiger partial charge in [-0.25, -0.2) is 0 Å². The largest absolute Gasteiger partial charge is 0.496 e. The normalized spacial score (nSPS) is 11.8. The first-order valence-corrected chi connectivity index (χ1v) is 6.04. The van der Waals surface area contributed by atoms with E-state index in [0.29, 0.717) is 20.6 Å². The Morgan fingerprint density at radius 2 is 2.12 bits per heavy atom. The molecule has 0 amide bonds. The Kier molecular flexibility index (Phi) is 4.12. The van der Waals surface area contributed by atoms with E-state index in [1.54, 1.807) is 12.1 Å². The van der Waals surface area contributed by atoms with Gasteiger partial charge in [0.05, 0.1) is 7.11 Å². The van der Waals surface area contributed by atoms with E-state index in [1.807, 2.05) is 0 Å². The van der Waals surface area contributed by atoms with Gasteiger partial charge in [0.25, 0.3) is 0 Å². The third-order valence-electron chi connectivity index (χ3n) is 2.01. The summed E-state index contributed by atoms with van der Waals surface area (Å²) in [6, 6.07) is 4.73. The zero-order valence-corrected chi connectivity index (χ0v) is 10.3. The highest BCUT2D eigenvalue weighted by atomic mass is 35.5. The number of hydrogen-bond acceptors (Lipinski definition) is 3. The van der Waals surface area contributed by atoms with Gasteiger partial charge >= 0.3 is 10.4 Å². The predicted molar refractivity (Wildman–Crippen MR) is 59.5 cm³/mol. The molecule has 0 saturated carbocycles. The van der Waals surface area contributed by atoms with Crippen LogP contribution in [0.2, 0.25) is 5.02 Å². The second-order valence-electron chi connectivity index (χ2n) is 3.15. The summed E-state index contributed by atoms with van der Waals surface area (Å²) in [5.41, 5.74) is 0.499. The molecule has 0 spiro atoms. The second-order valence-corrected chi connectivity index (χ2v) is 5.04. The molecule has 0 atom stereocenters. The Labute approximate surface area is 98.9 Å². The van der Waals surface area contributed by atoms with Crippen LogP contribution in [0.5, 0.6) is 5.75 Å². The summed E-state index contributed by atoms with van der Waals surface area (Å²) in [5.74, 6) is 0.458. The number of methoxy groups -OCH3 is 1. The van der Waals surface area contributed by atoms with Crippen molar-refractivity contribution in [2.24, 2.45) is 0 Å². The monoisotopic (exact) mass is 267 g/mol. The van der Waals surface area contributed by atoms with Gasteiger partial charge in [0.1, 0.15) is 5.75 Å². The van der Waals surface area contributed by atoms with Gasteiger partial charge in [-0.05, 0) is 18.2 Å². The van der Waals surface area contributed by atoms with Crippen molar-refractivity contribution in [2.45, 2.75) is 6.54 Å². The lowest BCUT2D eigenvalue weighted by atomic mass is 10.2. The van der Waals surface area contributed by atoms with Crippen molar-refractivity contribution in [3.63, 3.8) is 0 Å². The lowest BCUT2D eigenvalue weighted by Gasteiger charge is -2.14. The molecular formula is C9H11ClFNO3S. The minimum atomic E-state index is -4.70. The maximum absolute atomic E-state index is 12.6. The van der Waals surface area contributed by atoms with Crippen LogP contribution >= 0.6 is 11.6 Å². The first-order valence-electron chi connectivity index (χ1n) is 4.33. The highest BCUT2D eigenvalue weighted by Gasteiger charge is 2.17. The number of hydrogen-bond donors (Lipinski definition) is 0. The highest BCUT2D eigenvalue weighted by Crippen LogP contribution is 2.24. The molecule has 0 N–H and O–H groups in total. The fraction of sp³-hybridized carbons (Fsp3) is 0.333. The quantitative estimate of drug-likeness (QED) is 0.784. The number of benzene rings is 1. The minimum Gasteiger partial charge on any atom is -0.496 e. The number of nitrogens with zero attached hydrogens (tertiary/aromatic N) is 1. The standard InChI is InChI=1S/C9H11ClFNO3S/c1-12(16(11,13)14)6-7-5-8(10)3-4-9(7)15-2/h3-5H,6H2,1-2H3. The summed E-state index contributed by atoms with van der Waals surface area (Å²) in [5, 5.41) is 0.431. The fourth-order valence-corrected chi connectivity index (χ4v) is 1.68. The van der Waals surface area contributed by atoms with Gasteiger partial charge in [-0.15, -0.1) is 0 Å². The van der Waals surface area contributed by atoms with Gasteiger partial charge in [-0.1, -0.05) is 15.5 Å². The number of ether oxygens (including phenoxy) is 1. The van der Waals surface area contributed by atoms with Crippen LogP contribution in [0.1, 0.15) is 5.56 Å². The molecule has 4 nitrogen and oxygen atoms in total. The van der Waals surface area contributed by atoms with E-state index < -0.39 is 10.4 Å². The third kappa shape index (κ3) is 3.33. The average Bonchev–Trinajstić information content (AvgIpc) is 2.16. The van der Waals surface area contributed by atoms with Crippen molar-refractivity contribution in [3.8, 4) is 5.75 Å². The zero-order valence-electron chi connectivity index (χ0n) is 8.78. The van der Waals surface area contributed by atoms with Gasteiger partial charge in [0.15, 0.2) is 0 Å². The SMILES string of the molecule is COc1ccc(Cl)cc1CN(C)S(=O)(=O)F. The molecule has 0 unspecified atom stereocenters. The van der Waals surface area contributed by atoms with Crippen molar-refractivity contribution < 1.29 is 17.0 Å². The molecular weight excluding hydrogens is 257 g/mol. The van der Waals surface area contributed by atoms with Gasteiger partial charge in [0, 0.05) is 24.2 Å². The Hall–Kier alpha value is -0.850. The summed E-state index contributed by atoms with van der Waals surface area (Å²) in [6.45, 7) is -0.136. The molecule has 1 aromatic rings. The smallest absolute Gasteiger partial charge is 0.374 e. The van der Waals surface area contributed by atoms with Crippen LogP contribution in [0, 0.1) is 0 Å². The molecule has 0 radical (unpaired) electrons. The molecule has 1 aromatic carbocycles. The topological polar surface area (TPSA) is 46.6 Å². The van der Waals surface area contributed by atoms with E-state index >= 15 is 0 Å². The van der Waals surface area contributed by atoms with E-state index in [2.05, 4.69) is 0 Å². The summed E-state index contributed by atoms with van der Waals surface area (Å²) < 4.78 is 39.4. The van der Waals surface area contributed by atoms with Crippen molar-refractivity contribution in [1.82, 2.24) is 4.31 Å². The summed E-state index contributed by atoms with van der Waals surface area (Å²) >= 11 is 5.75. The van der Waals surface area contributed by atoms with Crippen LogP contribution in [-0.4, -0.2) is 26.9 Å². The third-order valence-corrected chi connectivity index (χ3v) is 3.12. The molecule has 0 saturated heterocycles. The lowest BCUT2D eigenvalue weighted by Crippen LogP contribution is -2.22. The molecule has 16 heavy (non-hydrogen) atoms. The first kappa shape index (κ1) is 13.2. The molecule has 0 fully saturated rings. The second kappa shape index (κ2) is 4.99. The molecule has 0 heterocycles. The summed E-state index contributed by atoms with van der Waals surface area (Å²) in [7, 11) is -2.13. The molecule has 1 rings (SSSR count). The van der Waals surface area contributed by atoms with Crippen LogP contribution in [0.3, 0.4) is 0 Å². The Morgan fingerprint density at radius 3 is 2.62 bits per heavy atom. The molecule has 0 bridgehead atoms. The fourth-order valence-electron chi connectivity index (χ4n) is 1.19. The zero-order chi connectivity index (χ0) is 12.3. The first-order chi connectivity index (χ1) is 7.34. The molecule has 0 aromatic heterocycles. The van der Waals surface area contributed by atoms with Gasteiger partial charge in [-0.3, -0.25) is 0 Å². The van der Waals surface area contributed by atoms with E-state index in [4.69, 9.17) is 16.3 Å². The number of halogens is 2. The molecule has 7 heteroatoms. The Bertz CT molecular complexity index is 478. The van der Waals surface area contributed by atoms with Gasteiger partial charge in [-0.2, -0.15) is 12.7 Å². The predicted octanol–water partition coefficient (Wildman–Crippen LogP) is 1.99. The van der Waals surface area contributed by atoms with Crippen LogP contribution in [-0.2, 0) is 17.0 Å². The van der Waals surface area contributed by atoms with Gasteiger partial charge in [0.2, 0.25) is 0 Å². The van der Waals surface area contributed by atoms with Crippen molar-refractivity contribution in [2.75, 3.05) is 14.2 Å². The summed E-state index contributed by atoms with van der Waals surface area (Å²) in [6.07, 6.45) is 0.